The average molecular weight is 321 g/mol. The molecule has 1 amide bonds. The van der Waals surface area contributed by atoms with Crippen LogP contribution in [0.4, 0.5) is 0 Å². The van der Waals surface area contributed by atoms with Gasteiger partial charge in [0.15, 0.2) is 0 Å². The Balaban J connectivity index is 2.81. The molecule has 0 saturated carbocycles. The normalized spacial score (nSPS) is 13.3. The Morgan fingerprint density at radius 1 is 1.09 bits per heavy atom. The van der Waals surface area contributed by atoms with E-state index < -0.39 is 36.2 Å². The molecular formula is C17H23NO5. The third-order valence-corrected chi connectivity index (χ3v) is 3.44. The SMILES string of the molecule is CC(C)CC(Cc1ccccc1)C(=O)NC(CC(=O)O)C(=O)O. The number of amides is 1. The van der Waals surface area contributed by atoms with Crippen molar-refractivity contribution in [2.75, 3.05) is 0 Å². The van der Waals surface area contributed by atoms with Crippen molar-refractivity contribution in [1.82, 2.24) is 5.32 Å². The summed E-state index contributed by atoms with van der Waals surface area (Å²) in [6.07, 6.45) is 0.450. The molecule has 0 saturated heterocycles. The molecule has 0 spiro atoms. The Labute approximate surface area is 135 Å². The van der Waals surface area contributed by atoms with Gasteiger partial charge in [-0.25, -0.2) is 4.79 Å². The molecule has 6 nitrogen and oxygen atoms in total. The van der Waals surface area contributed by atoms with Gasteiger partial charge in [-0.2, -0.15) is 0 Å². The molecule has 0 aliphatic carbocycles. The minimum absolute atomic E-state index is 0.261. The van der Waals surface area contributed by atoms with E-state index >= 15 is 0 Å². The Morgan fingerprint density at radius 3 is 2.17 bits per heavy atom. The highest BCUT2D eigenvalue weighted by Gasteiger charge is 2.27. The van der Waals surface area contributed by atoms with E-state index in [4.69, 9.17) is 10.2 Å². The Morgan fingerprint density at radius 2 is 1.70 bits per heavy atom. The molecule has 0 bridgehead atoms. The van der Waals surface area contributed by atoms with Gasteiger partial charge < -0.3 is 15.5 Å². The molecule has 3 N–H and O–H groups in total. The van der Waals surface area contributed by atoms with Gasteiger partial charge in [-0.05, 0) is 24.3 Å². The smallest absolute Gasteiger partial charge is 0.326 e. The van der Waals surface area contributed by atoms with E-state index in [9.17, 15) is 14.4 Å². The molecule has 1 rings (SSSR count). The second-order valence-corrected chi connectivity index (χ2v) is 6.01. The number of aliphatic carboxylic acids is 2. The van der Waals surface area contributed by atoms with Crippen LogP contribution in [-0.4, -0.2) is 34.1 Å². The van der Waals surface area contributed by atoms with Gasteiger partial charge in [0, 0.05) is 5.92 Å². The van der Waals surface area contributed by atoms with Gasteiger partial charge in [-0.3, -0.25) is 9.59 Å². The van der Waals surface area contributed by atoms with Crippen LogP contribution in [0.25, 0.3) is 0 Å². The molecule has 2 atom stereocenters. The number of benzene rings is 1. The molecule has 6 heteroatoms. The summed E-state index contributed by atoms with van der Waals surface area (Å²) in [6, 6.07) is 8.05. The lowest BCUT2D eigenvalue weighted by atomic mass is 9.90. The zero-order valence-corrected chi connectivity index (χ0v) is 13.4. The summed E-state index contributed by atoms with van der Waals surface area (Å²) in [4.78, 5) is 34.2. The van der Waals surface area contributed by atoms with Crippen LogP contribution in [-0.2, 0) is 20.8 Å². The molecular weight excluding hydrogens is 298 g/mol. The first-order chi connectivity index (χ1) is 10.8. The topological polar surface area (TPSA) is 104 Å². The molecule has 0 aliphatic rings. The monoisotopic (exact) mass is 321 g/mol. The highest BCUT2D eigenvalue weighted by Crippen LogP contribution is 2.18. The maximum absolute atomic E-state index is 12.4. The molecule has 0 aliphatic heterocycles. The summed E-state index contributed by atoms with van der Waals surface area (Å²) in [5.74, 6) is -3.16. The number of hydrogen-bond donors (Lipinski definition) is 3. The van der Waals surface area contributed by atoms with Crippen LogP contribution in [0.1, 0.15) is 32.3 Å². The predicted molar refractivity (Wildman–Crippen MR) is 84.9 cm³/mol. The van der Waals surface area contributed by atoms with Gasteiger partial charge in [-0.15, -0.1) is 0 Å². The fourth-order valence-electron chi connectivity index (χ4n) is 2.41. The Kier molecular flexibility index (Phi) is 7.25. The third kappa shape index (κ3) is 6.95. The summed E-state index contributed by atoms with van der Waals surface area (Å²) in [6.45, 7) is 3.97. The van der Waals surface area contributed by atoms with E-state index in [2.05, 4.69) is 5.32 Å². The summed E-state index contributed by atoms with van der Waals surface area (Å²) < 4.78 is 0. The molecule has 0 heterocycles. The largest absolute Gasteiger partial charge is 0.481 e. The first-order valence-corrected chi connectivity index (χ1v) is 7.58. The summed E-state index contributed by atoms with van der Waals surface area (Å²) in [7, 11) is 0. The first kappa shape index (κ1) is 18.7. The summed E-state index contributed by atoms with van der Waals surface area (Å²) in [5.41, 5.74) is 0.985. The van der Waals surface area contributed by atoms with E-state index in [1.165, 1.54) is 0 Å². The van der Waals surface area contributed by atoms with Gasteiger partial charge in [0.1, 0.15) is 6.04 Å². The lowest BCUT2D eigenvalue weighted by molar-refractivity contribution is -0.147. The van der Waals surface area contributed by atoms with E-state index in [0.717, 1.165) is 5.56 Å². The summed E-state index contributed by atoms with van der Waals surface area (Å²) in [5, 5.41) is 20.2. The van der Waals surface area contributed by atoms with Crippen molar-refractivity contribution in [2.24, 2.45) is 11.8 Å². The van der Waals surface area contributed by atoms with Gasteiger partial charge in [0.25, 0.3) is 0 Å². The van der Waals surface area contributed by atoms with Crippen LogP contribution in [0.5, 0.6) is 0 Å². The molecule has 126 valence electrons. The minimum Gasteiger partial charge on any atom is -0.481 e. The molecule has 0 radical (unpaired) electrons. The van der Waals surface area contributed by atoms with E-state index in [0.29, 0.717) is 12.8 Å². The number of carboxylic acid groups (broad SMARTS) is 2. The van der Waals surface area contributed by atoms with Crippen LogP contribution in [0.15, 0.2) is 30.3 Å². The molecule has 1 aromatic carbocycles. The van der Waals surface area contributed by atoms with Crippen molar-refractivity contribution < 1.29 is 24.6 Å². The van der Waals surface area contributed by atoms with E-state index in [1.807, 2.05) is 44.2 Å². The standard InChI is InChI=1S/C17H23NO5/c1-11(2)8-13(9-12-6-4-3-5-7-12)16(21)18-14(17(22)23)10-15(19)20/h3-7,11,13-14H,8-10H2,1-2H3,(H,18,21)(H,19,20)(H,22,23). The lowest BCUT2D eigenvalue weighted by Crippen LogP contribution is -2.45. The van der Waals surface area contributed by atoms with Crippen LogP contribution in [0.2, 0.25) is 0 Å². The van der Waals surface area contributed by atoms with E-state index in [-0.39, 0.29) is 5.92 Å². The highest BCUT2D eigenvalue weighted by molar-refractivity contribution is 5.87. The van der Waals surface area contributed by atoms with Crippen molar-refractivity contribution in [2.45, 2.75) is 39.2 Å². The van der Waals surface area contributed by atoms with E-state index in [1.54, 1.807) is 0 Å². The van der Waals surface area contributed by atoms with Gasteiger partial charge in [0.05, 0.1) is 6.42 Å². The van der Waals surface area contributed by atoms with Crippen LogP contribution in [0.3, 0.4) is 0 Å². The minimum atomic E-state index is -1.41. The fourth-order valence-corrected chi connectivity index (χ4v) is 2.41. The molecule has 0 fully saturated rings. The van der Waals surface area contributed by atoms with Crippen molar-refractivity contribution in [1.29, 1.82) is 0 Å². The number of carbonyl (C=O) groups is 3. The van der Waals surface area contributed by atoms with Gasteiger partial charge >= 0.3 is 11.9 Å². The quantitative estimate of drug-likeness (QED) is 0.645. The zero-order valence-electron chi connectivity index (χ0n) is 13.4. The number of nitrogens with one attached hydrogen (secondary N) is 1. The lowest BCUT2D eigenvalue weighted by Gasteiger charge is -2.21. The average Bonchev–Trinajstić information content (AvgIpc) is 2.45. The fraction of sp³-hybridized carbons (Fsp3) is 0.471. The molecule has 0 aromatic heterocycles. The van der Waals surface area contributed by atoms with Gasteiger partial charge in [0.2, 0.25) is 5.91 Å². The second-order valence-electron chi connectivity index (χ2n) is 6.01. The number of rotatable bonds is 9. The van der Waals surface area contributed by atoms with Crippen molar-refractivity contribution in [3.63, 3.8) is 0 Å². The van der Waals surface area contributed by atoms with Gasteiger partial charge in [-0.1, -0.05) is 44.2 Å². The maximum atomic E-state index is 12.4. The van der Waals surface area contributed by atoms with Crippen molar-refractivity contribution >= 4 is 17.8 Å². The zero-order chi connectivity index (χ0) is 17.4. The third-order valence-electron chi connectivity index (χ3n) is 3.44. The maximum Gasteiger partial charge on any atom is 0.326 e. The Hall–Kier alpha value is -2.37. The van der Waals surface area contributed by atoms with Crippen LogP contribution < -0.4 is 5.32 Å². The van der Waals surface area contributed by atoms with Crippen molar-refractivity contribution in [3.05, 3.63) is 35.9 Å². The summed E-state index contributed by atoms with van der Waals surface area (Å²) >= 11 is 0. The first-order valence-electron chi connectivity index (χ1n) is 7.58. The number of carbonyl (C=O) groups excluding carboxylic acids is 1. The molecule has 23 heavy (non-hydrogen) atoms. The second kappa shape index (κ2) is 8.92. The number of carboxylic acids is 2. The predicted octanol–water partition coefficient (Wildman–Crippen LogP) is 1.94. The Bertz CT molecular complexity index is 541. The number of hydrogen-bond acceptors (Lipinski definition) is 3. The molecule has 1 aromatic rings. The van der Waals surface area contributed by atoms with Crippen LogP contribution >= 0.6 is 0 Å². The van der Waals surface area contributed by atoms with Crippen LogP contribution in [0, 0.1) is 11.8 Å². The highest BCUT2D eigenvalue weighted by atomic mass is 16.4. The van der Waals surface area contributed by atoms with Crippen molar-refractivity contribution in [3.8, 4) is 0 Å². The molecule has 2 unspecified atom stereocenters.